The van der Waals surface area contributed by atoms with Crippen LogP contribution in [0.25, 0.3) is 16.8 Å². The lowest BCUT2D eigenvalue weighted by Crippen LogP contribution is -2.34. The van der Waals surface area contributed by atoms with Gasteiger partial charge in [0.15, 0.2) is 5.60 Å². The molecule has 4 aromatic rings. The molecule has 0 bridgehead atoms. The van der Waals surface area contributed by atoms with Gasteiger partial charge >= 0.3 is 5.97 Å². The summed E-state index contributed by atoms with van der Waals surface area (Å²) in [5, 5.41) is 11.4. The lowest BCUT2D eigenvalue weighted by atomic mass is 9.82. The molecular formula is C27H20O4. The summed E-state index contributed by atoms with van der Waals surface area (Å²) in [6.07, 6.45) is 3.81. The van der Waals surface area contributed by atoms with Crippen LogP contribution in [0.5, 0.6) is 11.5 Å². The monoisotopic (exact) mass is 408 g/mol. The third kappa shape index (κ3) is 3.04. The lowest BCUT2D eigenvalue weighted by molar-refractivity contribution is 0.0695. The van der Waals surface area contributed by atoms with E-state index in [9.17, 15) is 9.90 Å². The number of hydrogen-bond donors (Lipinski definition) is 1. The summed E-state index contributed by atoms with van der Waals surface area (Å²) >= 11 is 0. The van der Waals surface area contributed by atoms with Gasteiger partial charge < -0.3 is 14.6 Å². The number of benzene rings is 4. The van der Waals surface area contributed by atoms with Crippen LogP contribution in [-0.4, -0.2) is 18.2 Å². The molecule has 0 spiro atoms. The van der Waals surface area contributed by atoms with Crippen LogP contribution in [0.4, 0.5) is 0 Å². The number of fused-ring (bicyclic) bond motifs is 3. The molecule has 4 aromatic carbocycles. The van der Waals surface area contributed by atoms with Gasteiger partial charge in [0.2, 0.25) is 0 Å². The molecule has 0 fully saturated rings. The Morgan fingerprint density at radius 2 is 1.55 bits per heavy atom. The minimum atomic E-state index is -0.992. The first-order valence-corrected chi connectivity index (χ1v) is 10.00. The second-order valence-corrected chi connectivity index (χ2v) is 7.46. The number of methoxy groups -OCH3 is 1. The van der Waals surface area contributed by atoms with Crippen molar-refractivity contribution in [2.75, 3.05) is 7.11 Å². The Balaban J connectivity index is 1.83. The molecule has 0 aliphatic carbocycles. The van der Waals surface area contributed by atoms with Crippen molar-refractivity contribution in [1.82, 2.24) is 0 Å². The Labute approximate surface area is 180 Å². The van der Waals surface area contributed by atoms with Crippen molar-refractivity contribution in [2.24, 2.45) is 0 Å². The fourth-order valence-corrected chi connectivity index (χ4v) is 4.18. The van der Waals surface area contributed by atoms with Crippen LogP contribution < -0.4 is 9.47 Å². The largest absolute Gasteiger partial charge is 0.497 e. The molecule has 0 amide bonds. The summed E-state index contributed by atoms with van der Waals surface area (Å²) in [5.74, 6) is 0.221. The first-order valence-electron chi connectivity index (χ1n) is 10.00. The number of ether oxygens (including phenoxy) is 2. The van der Waals surface area contributed by atoms with E-state index >= 15 is 0 Å². The third-order valence-corrected chi connectivity index (χ3v) is 5.72. The zero-order valence-electron chi connectivity index (χ0n) is 16.9. The van der Waals surface area contributed by atoms with Gasteiger partial charge in [-0.25, -0.2) is 4.79 Å². The Bertz CT molecular complexity index is 1270. The van der Waals surface area contributed by atoms with Crippen molar-refractivity contribution in [1.29, 1.82) is 0 Å². The molecular weight excluding hydrogens is 388 g/mol. The summed E-state index contributed by atoms with van der Waals surface area (Å²) < 4.78 is 12.2. The minimum Gasteiger partial charge on any atom is -0.497 e. The van der Waals surface area contributed by atoms with Gasteiger partial charge in [0, 0.05) is 22.1 Å². The number of carboxylic acid groups (broad SMARTS) is 1. The minimum absolute atomic E-state index is 0.207. The third-order valence-electron chi connectivity index (χ3n) is 5.72. The summed E-state index contributed by atoms with van der Waals surface area (Å²) in [6, 6.07) is 27.1. The van der Waals surface area contributed by atoms with Crippen molar-refractivity contribution in [3.05, 3.63) is 113 Å². The zero-order valence-corrected chi connectivity index (χ0v) is 16.9. The van der Waals surface area contributed by atoms with Crippen LogP contribution in [0, 0.1) is 0 Å². The number of rotatable bonds is 4. The van der Waals surface area contributed by atoms with Crippen molar-refractivity contribution in [2.45, 2.75) is 5.60 Å². The molecule has 1 aliphatic rings. The van der Waals surface area contributed by atoms with E-state index in [0.717, 1.165) is 21.9 Å². The topological polar surface area (TPSA) is 55.8 Å². The van der Waals surface area contributed by atoms with Gasteiger partial charge in [0.1, 0.15) is 11.5 Å². The fraction of sp³-hybridized carbons (Fsp3) is 0.0741. The lowest BCUT2D eigenvalue weighted by Gasteiger charge is -2.37. The van der Waals surface area contributed by atoms with E-state index < -0.39 is 11.6 Å². The van der Waals surface area contributed by atoms with Crippen LogP contribution in [0.1, 0.15) is 27.0 Å². The molecule has 1 aliphatic heterocycles. The van der Waals surface area contributed by atoms with E-state index in [1.54, 1.807) is 13.2 Å². The number of carboxylic acids is 1. The number of aromatic carboxylic acids is 1. The van der Waals surface area contributed by atoms with Gasteiger partial charge in [0.25, 0.3) is 0 Å². The molecule has 1 heterocycles. The van der Waals surface area contributed by atoms with Gasteiger partial charge in [-0.05, 0) is 35.7 Å². The highest BCUT2D eigenvalue weighted by atomic mass is 16.5. The molecule has 0 aromatic heterocycles. The quantitative estimate of drug-likeness (QED) is 0.457. The average molecular weight is 408 g/mol. The highest BCUT2D eigenvalue weighted by Gasteiger charge is 2.38. The molecule has 0 radical (unpaired) electrons. The Hall–Kier alpha value is -4.05. The molecule has 4 nitrogen and oxygen atoms in total. The molecule has 0 saturated carbocycles. The molecule has 4 heteroatoms. The van der Waals surface area contributed by atoms with Gasteiger partial charge in [0.05, 0.1) is 12.7 Å². The van der Waals surface area contributed by atoms with E-state index in [1.165, 1.54) is 0 Å². The number of carbonyl (C=O) groups is 1. The van der Waals surface area contributed by atoms with Gasteiger partial charge in [-0.15, -0.1) is 0 Å². The van der Waals surface area contributed by atoms with Crippen LogP contribution in [-0.2, 0) is 5.60 Å². The van der Waals surface area contributed by atoms with Crippen LogP contribution in [0.15, 0.2) is 91.0 Å². The summed E-state index contributed by atoms with van der Waals surface area (Å²) in [5.41, 5.74) is 1.79. The van der Waals surface area contributed by atoms with E-state index in [1.807, 2.05) is 91.0 Å². The molecule has 5 rings (SSSR count). The predicted molar refractivity (Wildman–Crippen MR) is 121 cm³/mol. The van der Waals surface area contributed by atoms with Crippen LogP contribution in [0.2, 0.25) is 0 Å². The fourth-order valence-electron chi connectivity index (χ4n) is 4.18. The van der Waals surface area contributed by atoms with Gasteiger partial charge in [-0.3, -0.25) is 0 Å². The SMILES string of the molecule is COc1ccc2cc(C(=O)O)c3c(c2c1)OC(c1ccccc1)(c1ccccc1)C=C3. The average Bonchev–Trinajstić information content (AvgIpc) is 2.83. The van der Waals surface area contributed by atoms with Crippen molar-refractivity contribution in [3.8, 4) is 11.5 Å². The van der Waals surface area contributed by atoms with Crippen molar-refractivity contribution >= 4 is 22.8 Å². The first-order chi connectivity index (χ1) is 15.1. The van der Waals surface area contributed by atoms with E-state index in [0.29, 0.717) is 17.1 Å². The highest BCUT2D eigenvalue weighted by Crippen LogP contribution is 2.46. The smallest absolute Gasteiger partial charge is 0.336 e. The maximum Gasteiger partial charge on any atom is 0.336 e. The van der Waals surface area contributed by atoms with Crippen molar-refractivity contribution < 1.29 is 19.4 Å². The van der Waals surface area contributed by atoms with E-state index in [-0.39, 0.29) is 5.56 Å². The second-order valence-electron chi connectivity index (χ2n) is 7.46. The molecule has 0 atom stereocenters. The Morgan fingerprint density at radius 1 is 0.903 bits per heavy atom. The van der Waals surface area contributed by atoms with Gasteiger partial charge in [-0.1, -0.05) is 66.7 Å². The van der Waals surface area contributed by atoms with Crippen LogP contribution >= 0.6 is 0 Å². The molecule has 152 valence electrons. The molecule has 0 saturated heterocycles. The highest BCUT2D eigenvalue weighted by molar-refractivity contribution is 6.03. The molecule has 1 N–H and O–H groups in total. The van der Waals surface area contributed by atoms with Crippen molar-refractivity contribution in [3.63, 3.8) is 0 Å². The summed E-state index contributed by atoms with van der Waals surface area (Å²) in [7, 11) is 1.61. The van der Waals surface area contributed by atoms with E-state index in [2.05, 4.69) is 0 Å². The Morgan fingerprint density at radius 3 is 2.13 bits per heavy atom. The first kappa shape index (κ1) is 18.9. The summed E-state index contributed by atoms with van der Waals surface area (Å²) in [4.78, 5) is 12.0. The van der Waals surface area contributed by atoms with Crippen LogP contribution in [0.3, 0.4) is 0 Å². The number of hydrogen-bond acceptors (Lipinski definition) is 3. The standard InChI is InChI=1S/C27H20O4/c1-30-21-13-12-18-16-24(26(28)29)22-14-15-27(19-8-4-2-5-9-19,20-10-6-3-7-11-20)31-25(22)23(18)17-21/h2-17H,1H3,(H,28,29). The second kappa shape index (κ2) is 7.33. The Kier molecular flexibility index (Phi) is 4.48. The maximum absolute atomic E-state index is 12.0. The van der Waals surface area contributed by atoms with E-state index in [4.69, 9.17) is 9.47 Å². The predicted octanol–water partition coefficient (Wildman–Crippen LogP) is 5.90. The molecule has 0 unspecified atom stereocenters. The van der Waals surface area contributed by atoms with Gasteiger partial charge in [-0.2, -0.15) is 0 Å². The molecule has 31 heavy (non-hydrogen) atoms. The summed E-state index contributed by atoms with van der Waals surface area (Å²) in [6.45, 7) is 0. The maximum atomic E-state index is 12.0. The zero-order chi connectivity index (χ0) is 21.4. The normalized spacial score (nSPS) is 14.0.